The third-order valence-corrected chi connectivity index (χ3v) is 2.61. The third-order valence-electron chi connectivity index (χ3n) is 2.09. The van der Waals surface area contributed by atoms with Gasteiger partial charge in [0.15, 0.2) is 5.78 Å². The van der Waals surface area contributed by atoms with E-state index in [1.807, 2.05) is 0 Å². The zero-order valence-electron chi connectivity index (χ0n) is 10.2. The molecule has 0 spiro atoms. The first-order valence-electron chi connectivity index (χ1n) is 5.19. The lowest BCUT2D eigenvalue weighted by molar-refractivity contribution is -0.277. The first-order chi connectivity index (χ1) is 9.41. The molecule has 21 heavy (non-hydrogen) atoms. The molecule has 0 aliphatic rings. The molecular weight excluding hydrogens is 330 g/mol. The fourth-order valence-electron chi connectivity index (χ4n) is 1.40. The SMILES string of the molecule is CC(=O)C(Cl)c1c(OC(F)(F)F)cccc1OC(F)(F)F. The second-order valence-electron chi connectivity index (χ2n) is 3.74. The minimum atomic E-state index is -5.17. The van der Waals surface area contributed by atoms with Crippen LogP contribution in [0.15, 0.2) is 18.2 Å². The number of rotatable bonds is 4. The zero-order valence-corrected chi connectivity index (χ0v) is 10.9. The molecule has 0 bridgehead atoms. The Labute approximate surface area is 119 Å². The van der Waals surface area contributed by atoms with E-state index in [0.29, 0.717) is 0 Å². The Kier molecular flexibility index (Phi) is 4.98. The van der Waals surface area contributed by atoms with Gasteiger partial charge in [0.1, 0.15) is 16.9 Å². The first-order valence-corrected chi connectivity index (χ1v) is 5.63. The summed E-state index contributed by atoms with van der Waals surface area (Å²) in [4.78, 5) is 11.2. The second kappa shape index (κ2) is 6.00. The van der Waals surface area contributed by atoms with Crippen LogP contribution in [0.4, 0.5) is 26.3 Å². The zero-order chi connectivity index (χ0) is 16.4. The van der Waals surface area contributed by atoms with Gasteiger partial charge in [0, 0.05) is 0 Å². The van der Waals surface area contributed by atoms with Gasteiger partial charge in [-0.3, -0.25) is 4.79 Å². The van der Waals surface area contributed by atoms with Gasteiger partial charge in [0.05, 0.1) is 5.56 Å². The number of ether oxygens (including phenoxy) is 2. The molecule has 10 heteroatoms. The van der Waals surface area contributed by atoms with Gasteiger partial charge in [0.2, 0.25) is 0 Å². The highest BCUT2D eigenvalue weighted by Gasteiger charge is 2.37. The molecule has 1 aromatic rings. The highest BCUT2D eigenvalue weighted by atomic mass is 35.5. The molecule has 0 fully saturated rings. The molecule has 118 valence electrons. The van der Waals surface area contributed by atoms with Crippen molar-refractivity contribution in [3.8, 4) is 11.5 Å². The Hall–Kier alpha value is -1.64. The van der Waals surface area contributed by atoms with Crippen LogP contribution in [0.2, 0.25) is 0 Å². The van der Waals surface area contributed by atoms with Crippen LogP contribution in [0.1, 0.15) is 17.9 Å². The summed E-state index contributed by atoms with van der Waals surface area (Å²) in [6.07, 6.45) is -10.3. The lowest BCUT2D eigenvalue weighted by Crippen LogP contribution is -2.22. The molecule has 0 saturated heterocycles. The molecule has 0 amide bonds. The Morgan fingerprint density at radius 1 is 1.05 bits per heavy atom. The smallest absolute Gasteiger partial charge is 0.405 e. The van der Waals surface area contributed by atoms with Crippen LogP contribution in [-0.2, 0) is 4.79 Å². The van der Waals surface area contributed by atoms with Crippen molar-refractivity contribution < 1.29 is 40.6 Å². The Balaban J connectivity index is 3.37. The molecule has 3 nitrogen and oxygen atoms in total. The van der Waals surface area contributed by atoms with Gasteiger partial charge in [0.25, 0.3) is 0 Å². The monoisotopic (exact) mass is 336 g/mol. The molecule has 0 radical (unpaired) electrons. The number of hydrogen-bond acceptors (Lipinski definition) is 3. The topological polar surface area (TPSA) is 35.5 Å². The van der Waals surface area contributed by atoms with Crippen molar-refractivity contribution in [2.45, 2.75) is 25.0 Å². The second-order valence-corrected chi connectivity index (χ2v) is 4.17. The van der Waals surface area contributed by atoms with Crippen LogP contribution < -0.4 is 9.47 Å². The van der Waals surface area contributed by atoms with Gasteiger partial charge in [-0.05, 0) is 19.1 Å². The van der Waals surface area contributed by atoms with Crippen LogP contribution in [0.3, 0.4) is 0 Å². The van der Waals surface area contributed by atoms with Crippen molar-refractivity contribution >= 4 is 17.4 Å². The van der Waals surface area contributed by atoms with Crippen molar-refractivity contribution in [3.63, 3.8) is 0 Å². The average molecular weight is 337 g/mol. The molecule has 1 aromatic carbocycles. The Morgan fingerprint density at radius 3 is 1.71 bits per heavy atom. The van der Waals surface area contributed by atoms with Crippen molar-refractivity contribution in [3.05, 3.63) is 23.8 Å². The maximum atomic E-state index is 12.2. The average Bonchev–Trinajstić information content (AvgIpc) is 2.23. The maximum absolute atomic E-state index is 12.2. The number of hydrogen-bond donors (Lipinski definition) is 0. The predicted molar refractivity (Wildman–Crippen MR) is 59.1 cm³/mol. The van der Waals surface area contributed by atoms with Gasteiger partial charge < -0.3 is 9.47 Å². The molecule has 0 aliphatic heterocycles. The van der Waals surface area contributed by atoms with Crippen molar-refractivity contribution in [1.29, 1.82) is 0 Å². The number of alkyl halides is 7. The van der Waals surface area contributed by atoms with Gasteiger partial charge >= 0.3 is 12.7 Å². The van der Waals surface area contributed by atoms with Crippen LogP contribution >= 0.6 is 11.6 Å². The van der Waals surface area contributed by atoms with E-state index in [1.165, 1.54) is 0 Å². The van der Waals surface area contributed by atoms with Crippen LogP contribution in [0.5, 0.6) is 11.5 Å². The van der Waals surface area contributed by atoms with Crippen molar-refractivity contribution in [1.82, 2.24) is 0 Å². The molecule has 1 rings (SSSR count). The van der Waals surface area contributed by atoms with E-state index in [9.17, 15) is 31.1 Å². The van der Waals surface area contributed by atoms with E-state index in [0.717, 1.165) is 25.1 Å². The van der Waals surface area contributed by atoms with E-state index in [4.69, 9.17) is 11.6 Å². The van der Waals surface area contributed by atoms with E-state index >= 15 is 0 Å². The highest BCUT2D eigenvalue weighted by molar-refractivity contribution is 6.31. The highest BCUT2D eigenvalue weighted by Crippen LogP contribution is 2.41. The molecular formula is C11H7ClF6O3. The molecule has 0 heterocycles. The standard InChI is InChI=1S/C11H7ClF6O3/c1-5(19)9(12)8-6(20-10(13,14)15)3-2-4-7(8)21-11(16,17)18/h2-4,9H,1H3. The normalized spacial score (nSPS) is 13.7. The summed E-state index contributed by atoms with van der Waals surface area (Å²) >= 11 is 5.56. The Bertz CT molecular complexity index is 491. The lowest BCUT2D eigenvalue weighted by Gasteiger charge is -2.19. The summed E-state index contributed by atoms with van der Waals surface area (Å²) in [6, 6.07) is 2.30. The van der Waals surface area contributed by atoms with Crippen molar-refractivity contribution in [2.75, 3.05) is 0 Å². The maximum Gasteiger partial charge on any atom is 0.573 e. The summed E-state index contributed by atoms with van der Waals surface area (Å²) in [5.41, 5.74) is -0.846. The molecule has 0 N–H and O–H groups in total. The van der Waals surface area contributed by atoms with E-state index < -0.39 is 40.9 Å². The molecule has 1 atom stereocenters. The van der Waals surface area contributed by atoms with Gasteiger partial charge in [-0.25, -0.2) is 0 Å². The van der Waals surface area contributed by atoms with E-state index in [-0.39, 0.29) is 0 Å². The van der Waals surface area contributed by atoms with E-state index in [1.54, 1.807) is 0 Å². The summed E-state index contributed by atoms with van der Waals surface area (Å²) in [7, 11) is 0. The number of ketones is 1. The van der Waals surface area contributed by atoms with Crippen molar-refractivity contribution in [2.24, 2.45) is 0 Å². The van der Waals surface area contributed by atoms with Crippen LogP contribution in [-0.4, -0.2) is 18.5 Å². The molecule has 0 saturated carbocycles. The summed E-state index contributed by atoms with van der Waals surface area (Å²) < 4.78 is 80.6. The molecule has 0 aliphatic carbocycles. The molecule has 1 unspecified atom stereocenters. The molecule has 0 aromatic heterocycles. The van der Waals surface area contributed by atoms with Gasteiger partial charge in [-0.15, -0.1) is 37.9 Å². The predicted octanol–water partition coefficient (Wildman–Crippen LogP) is 4.35. The van der Waals surface area contributed by atoms with Gasteiger partial charge in [-0.2, -0.15) is 0 Å². The minimum Gasteiger partial charge on any atom is -0.405 e. The number of halogens is 7. The number of carbonyl (C=O) groups is 1. The fourth-order valence-corrected chi connectivity index (χ4v) is 1.62. The number of benzene rings is 1. The van der Waals surface area contributed by atoms with E-state index in [2.05, 4.69) is 9.47 Å². The number of carbonyl (C=O) groups excluding carboxylic acids is 1. The minimum absolute atomic E-state index is 0.727. The first kappa shape index (κ1) is 17.4. The van der Waals surface area contributed by atoms with Crippen LogP contribution in [0, 0.1) is 0 Å². The fraction of sp³-hybridized carbons (Fsp3) is 0.364. The Morgan fingerprint density at radius 2 is 1.43 bits per heavy atom. The van der Waals surface area contributed by atoms with Crippen LogP contribution in [0.25, 0.3) is 0 Å². The summed E-state index contributed by atoms with van der Waals surface area (Å²) in [5, 5.41) is -1.79. The quantitative estimate of drug-likeness (QED) is 0.605. The lowest BCUT2D eigenvalue weighted by atomic mass is 10.1. The summed E-state index contributed by atoms with van der Waals surface area (Å²) in [5.74, 6) is -2.96. The third kappa shape index (κ3) is 5.33. The van der Waals surface area contributed by atoms with Gasteiger partial charge in [-0.1, -0.05) is 6.07 Å². The number of Topliss-reactive ketones (excluding diaryl/α,β-unsaturated/α-hetero) is 1. The largest absolute Gasteiger partial charge is 0.573 e. The summed E-state index contributed by atoms with van der Waals surface area (Å²) in [6.45, 7) is 0.902.